The van der Waals surface area contributed by atoms with E-state index in [0.29, 0.717) is 18.0 Å². The Morgan fingerprint density at radius 3 is 2.94 bits per heavy atom. The predicted molar refractivity (Wildman–Crippen MR) is 65.4 cm³/mol. The summed E-state index contributed by atoms with van der Waals surface area (Å²) in [5, 5.41) is 2.74. The maximum absolute atomic E-state index is 11.8. The zero-order valence-corrected chi connectivity index (χ0v) is 10.1. The molecule has 18 heavy (non-hydrogen) atoms. The number of hydrogen-bond donors (Lipinski definition) is 1. The molecular weight excluding hydrogens is 234 g/mol. The molecule has 1 amide bonds. The van der Waals surface area contributed by atoms with Crippen molar-refractivity contribution in [3.05, 3.63) is 24.3 Å². The van der Waals surface area contributed by atoms with Gasteiger partial charge in [-0.05, 0) is 25.0 Å². The van der Waals surface area contributed by atoms with Gasteiger partial charge in [0.2, 0.25) is 0 Å². The van der Waals surface area contributed by atoms with Gasteiger partial charge in [-0.1, -0.05) is 6.07 Å². The number of nitrogens with one attached hydrogen (secondary N) is 1. The van der Waals surface area contributed by atoms with Crippen LogP contribution in [0.15, 0.2) is 24.3 Å². The van der Waals surface area contributed by atoms with Crippen LogP contribution in [0.2, 0.25) is 0 Å². The average molecular weight is 249 g/mol. The Labute approximate surface area is 105 Å². The summed E-state index contributed by atoms with van der Waals surface area (Å²) in [5.74, 6) is -0.141. The smallest absolute Gasteiger partial charge is 0.308 e. The summed E-state index contributed by atoms with van der Waals surface area (Å²) >= 11 is 0. The molecule has 1 aliphatic heterocycles. The van der Waals surface area contributed by atoms with Crippen molar-refractivity contribution in [1.82, 2.24) is 0 Å². The molecule has 1 aliphatic rings. The molecule has 0 aromatic heterocycles. The van der Waals surface area contributed by atoms with Crippen LogP contribution in [0.4, 0.5) is 5.69 Å². The zero-order chi connectivity index (χ0) is 13.0. The minimum atomic E-state index is -0.391. The third-order valence-corrected chi connectivity index (χ3v) is 2.59. The molecule has 1 heterocycles. The van der Waals surface area contributed by atoms with E-state index in [1.54, 1.807) is 24.3 Å². The summed E-state index contributed by atoms with van der Waals surface area (Å²) < 4.78 is 10.2. The highest BCUT2D eigenvalue weighted by molar-refractivity contribution is 5.94. The van der Waals surface area contributed by atoms with Crippen molar-refractivity contribution < 1.29 is 19.1 Å². The largest absolute Gasteiger partial charge is 0.427 e. The number of carbonyl (C=O) groups is 2. The topological polar surface area (TPSA) is 64.6 Å². The van der Waals surface area contributed by atoms with Gasteiger partial charge in [0.1, 0.15) is 11.9 Å². The third-order valence-electron chi connectivity index (χ3n) is 2.59. The fourth-order valence-electron chi connectivity index (χ4n) is 1.81. The van der Waals surface area contributed by atoms with Crippen molar-refractivity contribution in [1.29, 1.82) is 0 Å². The fraction of sp³-hybridized carbons (Fsp3) is 0.385. The lowest BCUT2D eigenvalue weighted by Crippen LogP contribution is -2.26. The van der Waals surface area contributed by atoms with Crippen LogP contribution in [0.1, 0.15) is 19.8 Å². The number of amides is 1. The predicted octanol–water partition coefficient (Wildman–Crippen LogP) is 1.73. The minimum Gasteiger partial charge on any atom is -0.427 e. The number of rotatable bonds is 3. The quantitative estimate of drug-likeness (QED) is 0.654. The average Bonchev–Trinajstić information content (AvgIpc) is 2.81. The highest BCUT2D eigenvalue weighted by atomic mass is 16.5. The maximum atomic E-state index is 11.8. The van der Waals surface area contributed by atoms with Crippen molar-refractivity contribution in [3.8, 4) is 5.75 Å². The molecule has 0 aliphatic carbocycles. The Kier molecular flexibility index (Phi) is 3.94. The van der Waals surface area contributed by atoms with Crippen LogP contribution < -0.4 is 10.1 Å². The molecule has 1 saturated heterocycles. The number of ether oxygens (including phenoxy) is 2. The fourth-order valence-corrected chi connectivity index (χ4v) is 1.81. The van der Waals surface area contributed by atoms with E-state index in [2.05, 4.69) is 5.32 Å². The first-order valence-electron chi connectivity index (χ1n) is 5.86. The maximum Gasteiger partial charge on any atom is 0.308 e. The van der Waals surface area contributed by atoms with E-state index in [9.17, 15) is 9.59 Å². The molecule has 0 saturated carbocycles. The van der Waals surface area contributed by atoms with Crippen LogP contribution >= 0.6 is 0 Å². The molecule has 1 aromatic carbocycles. The minimum absolute atomic E-state index is 0.160. The number of hydrogen-bond acceptors (Lipinski definition) is 4. The van der Waals surface area contributed by atoms with Crippen molar-refractivity contribution in [2.24, 2.45) is 0 Å². The summed E-state index contributed by atoms with van der Waals surface area (Å²) in [6.45, 7) is 1.96. The van der Waals surface area contributed by atoms with Crippen molar-refractivity contribution in [3.63, 3.8) is 0 Å². The highest BCUT2D eigenvalue weighted by Gasteiger charge is 2.23. The molecule has 0 spiro atoms. The van der Waals surface area contributed by atoms with Crippen LogP contribution in [0.3, 0.4) is 0 Å². The highest BCUT2D eigenvalue weighted by Crippen LogP contribution is 2.19. The Morgan fingerprint density at radius 2 is 2.28 bits per heavy atom. The molecule has 1 N–H and O–H groups in total. The van der Waals surface area contributed by atoms with Crippen molar-refractivity contribution in [2.75, 3.05) is 11.9 Å². The van der Waals surface area contributed by atoms with Gasteiger partial charge in [0.25, 0.3) is 5.91 Å². The monoisotopic (exact) mass is 249 g/mol. The second kappa shape index (κ2) is 5.64. The molecule has 1 atom stereocenters. The second-order valence-corrected chi connectivity index (χ2v) is 4.11. The lowest BCUT2D eigenvalue weighted by atomic mass is 10.2. The van der Waals surface area contributed by atoms with Gasteiger partial charge in [0, 0.05) is 25.3 Å². The van der Waals surface area contributed by atoms with Crippen LogP contribution in [-0.2, 0) is 14.3 Å². The summed E-state index contributed by atoms with van der Waals surface area (Å²) in [5.41, 5.74) is 0.592. The van der Waals surface area contributed by atoms with E-state index in [0.717, 1.165) is 12.8 Å². The van der Waals surface area contributed by atoms with Gasteiger partial charge in [0.05, 0.1) is 0 Å². The second-order valence-electron chi connectivity index (χ2n) is 4.11. The van der Waals surface area contributed by atoms with E-state index >= 15 is 0 Å². The van der Waals surface area contributed by atoms with Crippen LogP contribution in [0.25, 0.3) is 0 Å². The van der Waals surface area contributed by atoms with Gasteiger partial charge in [0.15, 0.2) is 0 Å². The van der Waals surface area contributed by atoms with E-state index in [4.69, 9.17) is 9.47 Å². The summed E-state index contributed by atoms with van der Waals surface area (Å²) in [6.07, 6.45) is 1.28. The van der Waals surface area contributed by atoms with Crippen molar-refractivity contribution >= 4 is 17.6 Å². The molecule has 0 bridgehead atoms. The third kappa shape index (κ3) is 3.30. The first-order valence-corrected chi connectivity index (χ1v) is 5.86. The van der Waals surface area contributed by atoms with Gasteiger partial charge >= 0.3 is 5.97 Å². The summed E-state index contributed by atoms with van der Waals surface area (Å²) in [7, 11) is 0. The molecule has 0 radical (unpaired) electrons. The standard InChI is InChI=1S/C13H15NO4/c1-9(15)18-11-5-2-4-10(8-11)14-13(16)12-6-3-7-17-12/h2,4-5,8,12H,3,6-7H2,1H3,(H,14,16). The van der Waals surface area contributed by atoms with Gasteiger partial charge < -0.3 is 14.8 Å². The molecule has 5 heteroatoms. The lowest BCUT2D eigenvalue weighted by Gasteiger charge is -2.11. The molecule has 2 rings (SSSR count). The van der Waals surface area contributed by atoms with Gasteiger partial charge in [-0.2, -0.15) is 0 Å². The van der Waals surface area contributed by atoms with Gasteiger partial charge in [-0.15, -0.1) is 0 Å². The van der Waals surface area contributed by atoms with Crippen LogP contribution in [-0.4, -0.2) is 24.6 Å². The molecule has 1 unspecified atom stereocenters. The van der Waals surface area contributed by atoms with Crippen LogP contribution in [0, 0.1) is 0 Å². The molecule has 1 fully saturated rings. The van der Waals surface area contributed by atoms with Gasteiger partial charge in [-0.3, -0.25) is 9.59 Å². The summed E-state index contributed by atoms with van der Waals surface area (Å²) in [6, 6.07) is 6.71. The van der Waals surface area contributed by atoms with Crippen molar-refractivity contribution in [2.45, 2.75) is 25.9 Å². The van der Waals surface area contributed by atoms with E-state index < -0.39 is 5.97 Å². The zero-order valence-electron chi connectivity index (χ0n) is 10.1. The first-order chi connectivity index (χ1) is 8.65. The Balaban J connectivity index is 2.00. The first kappa shape index (κ1) is 12.6. The summed E-state index contributed by atoms with van der Waals surface area (Å²) in [4.78, 5) is 22.6. The Bertz CT molecular complexity index is 452. The number of benzene rings is 1. The Morgan fingerprint density at radius 1 is 1.44 bits per heavy atom. The Hall–Kier alpha value is -1.88. The molecule has 1 aromatic rings. The van der Waals surface area contributed by atoms with Crippen LogP contribution in [0.5, 0.6) is 5.75 Å². The number of carbonyl (C=O) groups excluding carboxylic acids is 2. The normalized spacial score (nSPS) is 18.4. The molecule has 96 valence electrons. The van der Waals surface area contributed by atoms with E-state index in [1.807, 2.05) is 0 Å². The SMILES string of the molecule is CC(=O)Oc1cccc(NC(=O)C2CCCO2)c1. The molecule has 5 nitrogen and oxygen atoms in total. The number of esters is 1. The van der Waals surface area contributed by atoms with Gasteiger partial charge in [-0.25, -0.2) is 0 Å². The molecular formula is C13H15NO4. The number of anilines is 1. The lowest BCUT2D eigenvalue weighted by molar-refractivity contribution is -0.131. The van der Waals surface area contributed by atoms with E-state index in [-0.39, 0.29) is 12.0 Å². The van der Waals surface area contributed by atoms with E-state index in [1.165, 1.54) is 6.92 Å².